The number of oxazole rings is 1. The Kier molecular flexibility index (Phi) is 2.57. The zero-order valence-electron chi connectivity index (χ0n) is 9.77. The molecule has 92 valence electrons. The molecule has 1 aromatic carbocycles. The van der Waals surface area contributed by atoms with Crippen LogP contribution >= 0.6 is 11.3 Å². The number of fused-ring (bicyclic) bond motifs is 1. The van der Waals surface area contributed by atoms with Crippen LogP contribution < -0.4 is 11.5 Å². The van der Waals surface area contributed by atoms with Gasteiger partial charge in [0.15, 0.2) is 5.58 Å². The summed E-state index contributed by atoms with van der Waals surface area (Å²) in [5, 5.41) is 4.13. The number of hydrogen-bond donors (Lipinski definition) is 2. The largest absolute Gasteiger partial charge is 0.417 e. The average molecular weight is 260 g/mol. The number of aromatic nitrogens is 1. The van der Waals surface area contributed by atoms with Gasteiger partial charge in [-0.2, -0.15) is 11.3 Å². The van der Waals surface area contributed by atoms with E-state index in [1.165, 1.54) is 5.56 Å². The number of hydrogen-bond acceptors (Lipinski definition) is 4. The summed E-state index contributed by atoms with van der Waals surface area (Å²) in [6.45, 7) is 2.04. The van der Waals surface area contributed by atoms with Crippen molar-refractivity contribution in [1.29, 1.82) is 0 Å². The van der Waals surface area contributed by atoms with Crippen molar-refractivity contribution in [3.8, 4) is 0 Å². The summed E-state index contributed by atoms with van der Waals surface area (Å²) in [4.78, 5) is 13.7. The summed E-state index contributed by atoms with van der Waals surface area (Å²) in [6, 6.07) is 5.35. The van der Waals surface area contributed by atoms with Gasteiger partial charge in [-0.1, -0.05) is 6.07 Å². The van der Waals surface area contributed by atoms with E-state index in [-0.39, 0.29) is 6.04 Å². The van der Waals surface area contributed by atoms with Gasteiger partial charge in [0.05, 0.1) is 11.6 Å². The summed E-state index contributed by atoms with van der Waals surface area (Å²) < 4.78 is 5.04. The van der Waals surface area contributed by atoms with Crippen LogP contribution in [-0.2, 0) is 0 Å². The van der Waals surface area contributed by atoms with E-state index >= 15 is 0 Å². The number of nitrogens with one attached hydrogen (secondary N) is 1. The lowest BCUT2D eigenvalue weighted by molar-refractivity contribution is 0.555. The van der Waals surface area contributed by atoms with Crippen molar-refractivity contribution in [2.75, 3.05) is 0 Å². The van der Waals surface area contributed by atoms with Crippen LogP contribution in [-0.4, -0.2) is 4.98 Å². The van der Waals surface area contributed by atoms with E-state index in [9.17, 15) is 4.79 Å². The van der Waals surface area contributed by atoms with Crippen molar-refractivity contribution in [3.05, 3.63) is 56.2 Å². The molecule has 0 radical (unpaired) electrons. The molecule has 2 aromatic heterocycles. The first-order valence-electron chi connectivity index (χ1n) is 5.56. The number of aryl methyl sites for hydroxylation is 1. The highest BCUT2D eigenvalue weighted by atomic mass is 32.1. The average Bonchev–Trinajstić information content (AvgIpc) is 2.91. The summed E-state index contributed by atoms with van der Waals surface area (Å²) in [5.41, 5.74) is 10.7. The minimum Gasteiger partial charge on any atom is -0.408 e. The molecule has 2 heterocycles. The minimum atomic E-state index is -0.442. The van der Waals surface area contributed by atoms with E-state index in [4.69, 9.17) is 10.2 Å². The van der Waals surface area contributed by atoms with Crippen LogP contribution in [0.1, 0.15) is 22.7 Å². The van der Waals surface area contributed by atoms with Gasteiger partial charge in [0, 0.05) is 0 Å². The predicted molar refractivity (Wildman–Crippen MR) is 71.9 cm³/mol. The lowest BCUT2D eigenvalue weighted by Gasteiger charge is -2.11. The molecule has 0 spiro atoms. The molecular formula is C13H12N2O2S. The highest BCUT2D eigenvalue weighted by Crippen LogP contribution is 2.27. The third-order valence-corrected chi connectivity index (χ3v) is 3.91. The molecule has 0 fully saturated rings. The molecule has 0 saturated carbocycles. The van der Waals surface area contributed by atoms with Crippen molar-refractivity contribution >= 4 is 22.4 Å². The van der Waals surface area contributed by atoms with Crippen LogP contribution in [0.15, 0.2) is 38.2 Å². The number of nitrogens with two attached hydrogens (primary N) is 1. The Bertz CT molecular complexity index is 754. The summed E-state index contributed by atoms with van der Waals surface area (Å²) in [7, 11) is 0. The SMILES string of the molecule is Cc1cscc1C(N)c1ccc2[nH]c(=O)oc2c1. The molecule has 4 nitrogen and oxygen atoms in total. The second-order valence-electron chi connectivity index (χ2n) is 4.26. The van der Waals surface area contributed by atoms with Gasteiger partial charge >= 0.3 is 5.76 Å². The molecule has 1 unspecified atom stereocenters. The van der Waals surface area contributed by atoms with E-state index in [1.54, 1.807) is 11.3 Å². The first-order chi connectivity index (χ1) is 8.65. The van der Waals surface area contributed by atoms with Crippen LogP contribution in [0.3, 0.4) is 0 Å². The van der Waals surface area contributed by atoms with E-state index in [1.807, 2.05) is 25.1 Å². The van der Waals surface area contributed by atoms with Gasteiger partial charge in [-0.3, -0.25) is 4.98 Å². The maximum absolute atomic E-state index is 11.1. The monoisotopic (exact) mass is 260 g/mol. The quantitative estimate of drug-likeness (QED) is 0.743. The second-order valence-corrected chi connectivity index (χ2v) is 5.00. The van der Waals surface area contributed by atoms with Gasteiger partial charge in [-0.15, -0.1) is 0 Å². The smallest absolute Gasteiger partial charge is 0.408 e. The Balaban J connectivity index is 2.09. The first-order valence-corrected chi connectivity index (χ1v) is 6.50. The first kappa shape index (κ1) is 11.3. The van der Waals surface area contributed by atoms with E-state index in [0.717, 1.165) is 11.1 Å². The van der Waals surface area contributed by atoms with E-state index in [0.29, 0.717) is 11.1 Å². The molecule has 3 rings (SSSR count). The molecule has 5 heteroatoms. The Hall–Kier alpha value is -1.85. The van der Waals surface area contributed by atoms with Crippen LogP contribution in [0.5, 0.6) is 0 Å². The molecule has 0 amide bonds. The molecule has 3 N–H and O–H groups in total. The molecular weight excluding hydrogens is 248 g/mol. The van der Waals surface area contributed by atoms with E-state index < -0.39 is 5.76 Å². The zero-order valence-corrected chi connectivity index (χ0v) is 10.6. The maximum Gasteiger partial charge on any atom is 0.417 e. The highest BCUT2D eigenvalue weighted by Gasteiger charge is 2.13. The van der Waals surface area contributed by atoms with Crippen LogP contribution in [0, 0.1) is 6.92 Å². The molecule has 0 aliphatic rings. The normalized spacial score (nSPS) is 13.0. The standard InChI is InChI=1S/C13H12N2O2S/c1-7-5-18-6-9(7)12(14)8-2-3-10-11(4-8)17-13(16)15-10/h2-6,12H,14H2,1H3,(H,15,16). The topological polar surface area (TPSA) is 72.0 Å². The summed E-state index contributed by atoms with van der Waals surface area (Å²) >= 11 is 1.64. The highest BCUT2D eigenvalue weighted by molar-refractivity contribution is 7.08. The van der Waals surface area contributed by atoms with Gasteiger partial charge in [-0.05, 0) is 46.5 Å². The molecule has 1 atom stereocenters. The Labute approximate surface area is 107 Å². The van der Waals surface area contributed by atoms with Crippen molar-refractivity contribution in [3.63, 3.8) is 0 Å². The van der Waals surface area contributed by atoms with Gasteiger partial charge in [-0.25, -0.2) is 4.79 Å². The molecule has 0 saturated heterocycles. The van der Waals surface area contributed by atoms with Crippen molar-refractivity contribution in [1.82, 2.24) is 4.98 Å². The Morgan fingerprint density at radius 1 is 1.39 bits per heavy atom. The zero-order chi connectivity index (χ0) is 12.7. The van der Waals surface area contributed by atoms with Crippen LogP contribution in [0.2, 0.25) is 0 Å². The molecule has 0 aliphatic carbocycles. The Morgan fingerprint density at radius 3 is 2.94 bits per heavy atom. The molecule has 3 aromatic rings. The molecule has 18 heavy (non-hydrogen) atoms. The van der Waals surface area contributed by atoms with Gasteiger partial charge in [0.2, 0.25) is 0 Å². The number of rotatable bonds is 2. The lowest BCUT2D eigenvalue weighted by Crippen LogP contribution is -2.11. The van der Waals surface area contributed by atoms with Gasteiger partial charge in [0.25, 0.3) is 0 Å². The number of aromatic amines is 1. The van der Waals surface area contributed by atoms with Crippen molar-refractivity contribution < 1.29 is 4.42 Å². The number of benzene rings is 1. The second kappa shape index (κ2) is 4.12. The molecule has 0 aliphatic heterocycles. The Morgan fingerprint density at radius 2 is 2.22 bits per heavy atom. The number of H-pyrrole nitrogens is 1. The predicted octanol–water partition coefficient (Wildman–Crippen LogP) is 2.54. The fourth-order valence-corrected chi connectivity index (χ4v) is 2.91. The minimum absolute atomic E-state index is 0.194. The van der Waals surface area contributed by atoms with E-state index in [2.05, 4.69) is 15.7 Å². The van der Waals surface area contributed by atoms with Crippen LogP contribution in [0.4, 0.5) is 0 Å². The van der Waals surface area contributed by atoms with Gasteiger partial charge in [0.1, 0.15) is 0 Å². The maximum atomic E-state index is 11.1. The third kappa shape index (κ3) is 1.77. The summed E-state index contributed by atoms with van der Waals surface area (Å²) in [6.07, 6.45) is 0. The van der Waals surface area contributed by atoms with Crippen LogP contribution in [0.25, 0.3) is 11.1 Å². The van der Waals surface area contributed by atoms with Crippen molar-refractivity contribution in [2.24, 2.45) is 5.73 Å². The third-order valence-electron chi connectivity index (χ3n) is 3.03. The molecule has 0 bridgehead atoms. The van der Waals surface area contributed by atoms with Crippen molar-refractivity contribution in [2.45, 2.75) is 13.0 Å². The summed E-state index contributed by atoms with van der Waals surface area (Å²) in [5.74, 6) is -0.442. The number of thiophene rings is 1. The lowest BCUT2D eigenvalue weighted by atomic mass is 9.99. The van der Waals surface area contributed by atoms with Gasteiger partial charge < -0.3 is 10.2 Å². The fourth-order valence-electron chi connectivity index (χ4n) is 2.02. The fraction of sp³-hybridized carbons (Fsp3) is 0.154.